The standard InChI is InChI=1S/C18H23N3O2/c1-4-23-18(22)20-16-10-11-17(19-12-16)21(14(2)3)13-15-8-6-5-7-9-15/h5-12,14H,4,13H2,1-3H3,(H,20,22). The Balaban J connectivity index is 2.09. The molecule has 0 aliphatic carbocycles. The molecule has 1 amide bonds. The number of nitrogens with zero attached hydrogens (tertiary/aromatic N) is 2. The molecule has 0 saturated carbocycles. The van der Waals surface area contributed by atoms with Gasteiger partial charge in [-0.3, -0.25) is 5.32 Å². The number of carbonyl (C=O) groups excluding carboxylic acids is 1. The van der Waals surface area contributed by atoms with Crippen molar-refractivity contribution in [3.8, 4) is 0 Å². The van der Waals surface area contributed by atoms with Crippen LogP contribution in [0, 0.1) is 0 Å². The number of benzene rings is 1. The van der Waals surface area contributed by atoms with Crippen LogP contribution in [0.25, 0.3) is 0 Å². The van der Waals surface area contributed by atoms with Crippen LogP contribution in [-0.2, 0) is 11.3 Å². The number of aromatic nitrogens is 1. The first-order valence-corrected chi connectivity index (χ1v) is 7.80. The molecule has 2 rings (SSSR count). The third-order valence-electron chi connectivity index (χ3n) is 3.38. The summed E-state index contributed by atoms with van der Waals surface area (Å²) in [5, 5.41) is 2.65. The van der Waals surface area contributed by atoms with E-state index in [2.05, 4.69) is 41.2 Å². The maximum atomic E-state index is 11.4. The van der Waals surface area contributed by atoms with Gasteiger partial charge in [0.05, 0.1) is 18.5 Å². The van der Waals surface area contributed by atoms with Gasteiger partial charge in [0.25, 0.3) is 0 Å². The van der Waals surface area contributed by atoms with Crippen molar-refractivity contribution in [3.05, 3.63) is 54.2 Å². The number of hydrogen-bond acceptors (Lipinski definition) is 4. The van der Waals surface area contributed by atoms with E-state index in [4.69, 9.17) is 4.74 Å². The fourth-order valence-corrected chi connectivity index (χ4v) is 2.22. The van der Waals surface area contributed by atoms with E-state index in [1.807, 2.05) is 30.3 Å². The van der Waals surface area contributed by atoms with Gasteiger partial charge in [0.1, 0.15) is 5.82 Å². The van der Waals surface area contributed by atoms with E-state index in [0.717, 1.165) is 12.4 Å². The molecule has 0 radical (unpaired) electrons. The highest BCUT2D eigenvalue weighted by Crippen LogP contribution is 2.19. The predicted molar refractivity (Wildman–Crippen MR) is 92.6 cm³/mol. The minimum Gasteiger partial charge on any atom is -0.450 e. The summed E-state index contributed by atoms with van der Waals surface area (Å²) >= 11 is 0. The molecule has 5 heteroatoms. The number of hydrogen-bond donors (Lipinski definition) is 1. The molecule has 1 N–H and O–H groups in total. The van der Waals surface area contributed by atoms with Gasteiger partial charge in [0, 0.05) is 12.6 Å². The zero-order valence-electron chi connectivity index (χ0n) is 13.8. The number of nitrogens with one attached hydrogen (secondary N) is 1. The Morgan fingerprint density at radius 1 is 1.22 bits per heavy atom. The number of pyridine rings is 1. The Morgan fingerprint density at radius 3 is 2.52 bits per heavy atom. The second-order valence-electron chi connectivity index (χ2n) is 5.46. The van der Waals surface area contributed by atoms with Gasteiger partial charge >= 0.3 is 6.09 Å². The lowest BCUT2D eigenvalue weighted by molar-refractivity contribution is 0.168. The maximum Gasteiger partial charge on any atom is 0.411 e. The number of carbonyl (C=O) groups is 1. The van der Waals surface area contributed by atoms with Crippen LogP contribution in [-0.4, -0.2) is 23.7 Å². The molecule has 0 aliphatic rings. The lowest BCUT2D eigenvalue weighted by Gasteiger charge is -2.28. The molecular weight excluding hydrogens is 290 g/mol. The molecule has 2 aromatic rings. The van der Waals surface area contributed by atoms with Gasteiger partial charge in [-0.2, -0.15) is 0 Å². The zero-order valence-corrected chi connectivity index (χ0v) is 13.8. The van der Waals surface area contributed by atoms with Crippen molar-refractivity contribution in [2.45, 2.75) is 33.4 Å². The van der Waals surface area contributed by atoms with E-state index in [-0.39, 0.29) is 0 Å². The SMILES string of the molecule is CCOC(=O)Nc1ccc(N(Cc2ccccc2)C(C)C)nc1. The summed E-state index contributed by atoms with van der Waals surface area (Å²) in [4.78, 5) is 18.1. The molecule has 0 unspecified atom stereocenters. The summed E-state index contributed by atoms with van der Waals surface area (Å²) in [7, 11) is 0. The molecule has 0 aliphatic heterocycles. The van der Waals surface area contributed by atoms with Gasteiger partial charge in [0.2, 0.25) is 0 Å². The molecule has 1 aromatic carbocycles. The van der Waals surface area contributed by atoms with E-state index >= 15 is 0 Å². The van der Waals surface area contributed by atoms with Crippen molar-refractivity contribution in [1.29, 1.82) is 0 Å². The highest BCUT2D eigenvalue weighted by Gasteiger charge is 2.13. The first-order chi connectivity index (χ1) is 11.1. The van der Waals surface area contributed by atoms with Gasteiger partial charge < -0.3 is 9.64 Å². The lowest BCUT2D eigenvalue weighted by atomic mass is 10.2. The minimum absolute atomic E-state index is 0.312. The molecule has 1 aromatic heterocycles. The molecule has 0 saturated heterocycles. The second kappa shape index (κ2) is 8.17. The highest BCUT2D eigenvalue weighted by molar-refractivity contribution is 5.84. The third-order valence-corrected chi connectivity index (χ3v) is 3.38. The van der Waals surface area contributed by atoms with Crippen molar-refractivity contribution >= 4 is 17.6 Å². The molecule has 5 nitrogen and oxygen atoms in total. The number of ether oxygens (including phenoxy) is 1. The Hall–Kier alpha value is -2.56. The second-order valence-corrected chi connectivity index (χ2v) is 5.46. The fraction of sp³-hybridized carbons (Fsp3) is 0.333. The lowest BCUT2D eigenvalue weighted by Crippen LogP contribution is -2.30. The average Bonchev–Trinajstić information content (AvgIpc) is 2.54. The minimum atomic E-state index is -0.466. The maximum absolute atomic E-state index is 11.4. The summed E-state index contributed by atoms with van der Waals surface area (Å²) in [6.45, 7) is 7.17. The highest BCUT2D eigenvalue weighted by atomic mass is 16.5. The summed E-state index contributed by atoms with van der Waals surface area (Å²) in [6, 6.07) is 14.3. The van der Waals surface area contributed by atoms with Gasteiger partial charge in [-0.25, -0.2) is 9.78 Å². The van der Waals surface area contributed by atoms with Crippen LogP contribution in [0.15, 0.2) is 48.7 Å². The van der Waals surface area contributed by atoms with Crippen LogP contribution >= 0.6 is 0 Å². The van der Waals surface area contributed by atoms with E-state index in [0.29, 0.717) is 18.3 Å². The topological polar surface area (TPSA) is 54.5 Å². The molecular formula is C18H23N3O2. The van der Waals surface area contributed by atoms with Crippen LogP contribution in [0.4, 0.5) is 16.3 Å². The van der Waals surface area contributed by atoms with Crippen LogP contribution < -0.4 is 10.2 Å². The van der Waals surface area contributed by atoms with E-state index in [1.165, 1.54) is 5.56 Å². The quantitative estimate of drug-likeness (QED) is 0.873. The summed E-state index contributed by atoms with van der Waals surface area (Å²) in [5.74, 6) is 0.873. The van der Waals surface area contributed by atoms with Crippen molar-refractivity contribution in [1.82, 2.24) is 4.98 Å². The van der Waals surface area contributed by atoms with Crippen LogP contribution in [0.3, 0.4) is 0 Å². The van der Waals surface area contributed by atoms with Crippen LogP contribution in [0.2, 0.25) is 0 Å². The van der Waals surface area contributed by atoms with Crippen molar-refractivity contribution in [3.63, 3.8) is 0 Å². The molecule has 1 heterocycles. The smallest absolute Gasteiger partial charge is 0.411 e. The van der Waals surface area contributed by atoms with Gasteiger partial charge in [-0.15, -0.1) is 0 Å². The summed E-state index contributed by atoms with van der Waals surface area (Å²) in [6.07, 6.45) is 1.18. The Labute approximate surface area is 137 Å². The Bertz CT molecular complexity index is 612. The van der Waals surface area contributed by atoms with Crippen molar-refractivity contribution in [2.24, 2.45) is 0 Å². The summed E-state index contributed by atoms with van der Waals surface area (Å²) < 4.78 is 4.85. The number of anilines is 2. The zero-order chi connectivity index (χ0) is 16.7. The Morgan fingerprint density at radius 2 is 1.96 bits per heavy atom. The average molecular weight is 313 g/mol. The largest absolute Gasteiger partial charge is 0.450 e. The van der Waals surface area contributed by atoms with Crippen molar-refractivity contribution < 1.29 is 9.53 Å². The normalized spacial score (nSPS) is 10.4. The van der Waals surface area contributed by atoms with Crippen LogP contribution in [0.1, 0.15) is 26.3 Å². The van der Waals surface area contributed by atoms with Crippen molar-refractivity contribution in [2.75, 3.05) is 16.8 Å². The molecule has 0 fully saturated rings. The van der Waals surface area contributed by atoms with E-state index in [9.17, 15) is 4.79 Å². The van der Waals surface area contributed by atoms with E-state index in [1.54, 1.807) is 13.1 Å². The predicted octanol–water partition coefficient (Wildman–Crippen LogP) is 4.07. The number of rotatable bonds is 6. The third kappa shape index (κ3) is 4.98. The van der Waals surface area contributed by atoms with Gasteiger partial charge in [-0.1, -0.05) is 30.3 Å². The first-order valence-electron chi connectivity index (χ1n) is 7.80. The van der Waals surface area contributed by atoms with Gasteiger partial charge in [0.15, 0.2) is 0 Å². The molecule has 0 bridgehead atoms. The molecule has 23 heavy (non-hydrogen) atoms. The van der Waals surface area contributed by atoms with E-state index < -0.39 is 6.09 Å². The summed E-state index contributed by atoms with van der Waals surface area (Å²) in [5.41, 5.74) is 1.85. The van der Waals surface area contributed by atoms with Crippen LogP contribution in [0.5, 0.6) is 0 Å². The first kappa shape index (κ1) is 16.8. The molecule has 122 valence electrons. The monoisotopic (exact) mass is 313 g/mol. The molecule has 0 atom stereocenters. The fourth-order valence-electron chi connectivity index (χ4n) is 2.22. The number of amides is 1. The molecule has 0 spiro atoms. The Kier molecular flexibility index (Phi) is 5.97. The van der Waals surface area contributed by atoms with Gasteiger partial charge in [-0.05, 0) is 38.5 Å².